The van der Waals surface area contributed by atoms with Crippen LogP contribution in [-0.4, -0.2) is 11.0 Å². The number of hydrogen-bond acceptors (Lipinski definition) is 3. The van der Waals surface area contributed by atoms with Crippen LogP contribution in [-0.2, 0) is 0 Å². The fourth-order valence-electron chi connectivity index (χ4n) is 2.09. The first-order valence-corrected chi connectivity index (χ1v) is 6.57. The van der Waals surface area contributed by atoms with Crippen LogP contribution < -0.4 is 5.73 Å². The zero-order valence-electron chi connectivity index (χ0n) is 9.27. The number of hydrogen-bond donors (Lipinski definition) is 1. The van der Waals surface area contributed by atoms with E-state index in [2.05, 4.69) is 4.98 Å². The maximum absolute atomic E-state index is 12.8. The minimum Gasteiger partial charge on any atom is -0.328 e. The molecule has 0 saturated heterocycles. The van der Waals surface area contributed by atoms with Gasteiger partial charge in [-0.2, -0.15) is 0 Å². The highest BCUT2D eigenvalue weighted by molar-refractivity contribution is 7.10. The van der Waals surface area contributed by atoms with Crippen LogP contribution in [0.5, 0.6) is 0 Å². The molecule has 0 amide bonds. The van der Waals surface area contributed by atoms with Crippen LogP contribution in [0.25, 0.3) is 11.3 Å². The molecule has 1 aliphatic carbocycles. The van der Waals surface area contributed by atoms with Gasteiger partial charge in [0, 0.05) is 22.9 Å². The minimum absolute atomic E-state index is 0.214. The van der Waals surface area contributed by atoms with E-state index in [1.54, 1.807) is 23.5 Å². The van der Waals surface area contributed by atoms with Crippen molar-refractivity contribution < 1.29 is 4.39 Å². The summed E-state index contributed by atoms with van der Waals surface area (Å²) in [7, 11) is 0. The topological polar surface area (TPSA) is 38.9 Å². The molecular weight excluding hydrogens is 235 g/mol. The first-order valence-electron chi connectivity index (χ1n) is 5.69. The average molecular weight is 248 g/mol. The largest absolute Gasteiger partial charge is 0.328 e. The van der Waals surface area contributed by atoms with Gasteiger partial charge >= 0.3 is 0 Å². The van der Waals surface area contributed by atoms with E-state index in [1.165, 1.54) is 12.1 Å². The van der Waals surface area contributed by atoms with Crippen molar-refractivity contribution in [2.45, 2.75) is 24.8 Å². The Labute approximate surface area is 103 Å². The molecule has 1 heterocycles. The second kappa shape index (κ2) is 4.20. The van der Waals surface area contributed by atoms with Crippen molar-refractivity contribution in [3.63, 3.8) is 0 Å². The predicted molar refractivity (Wildman–Crippen MR) is 67.5 cm³/mol. The van der Waals surface area contributed by atoms with Crippen molar-refractivity contribution in [2.75, 3.05) is 0 Å². The van der Waals surface area contributed by atoms with Crippen molar-refractivity contribution in [1.82, 2.24) is 4.98 Å². The van der Waals surface area contributed by atoms with E-state index in [0.717, 1.165) is 29.1 Å². The van der Waals surface area contributed by atoms with Crippen LogP contribution in [0.1, 0.15) is 23.8 Å². The Morgan fingerprint density at radius 1 is 1.24 bits per heavy atom. The number of thiazole rings is 1. The molecule has 0 aliphatic heterocycles. The lowest BCUT2D eigenvalue weighted by Gasteiger charge is -2.30. The lowest BCUT2D eigenvalue weighted by atomic mass is 9.81. The van der Waals surface area contributed by atoms with Crippen molar-refractivity contribution in [3.05, 3.63) is 40.5 Å². The number of halogens is 1. The van der Waals surface area contributed by atoms with Gasteiger partial charge in [-0.05, 0) is 37.1 Å². The number of nitrogens with two attached hydrogens (primary N) is 1. The van der Waals surface area contributed by atoms with Gasteiger partial charge in [0.25, 0.3) is 0 Å². The summed E-state index contributed by atoms with van der Waals surface area (Å²) < 4.78 is 12.8. The highest BCUT2D eigenvalue weighted by atomic mass is 32.1. The maximum Gasteiger partial charge on any atom is 0.123 e. The van der Waals surface area contributed by atoms with Gasteiger partial charge in [0.05, 0.1) is 10.7 Å². The SMILES string of the molecule is NC1CC(c2nc(-c3ccc(F)cc3)cs2)C1. The molecule has 0 spiro atoms. The number of benzene rings is 1. The highest BCUT2D eigenvalue weighted by Gasteiger charge is 2.29. The molecule has 3 rings (SSSR count). The van der Waals surface area contributed by atoms with Gasteiger partial charge in [-0.15, -0.1) is 11.3 Å². The summed E-state index contributed by atoms with van der Waals surface area (Å²) in [6.45, 7) is 0. The lowest BCUT2D eigenvalue weighted by Crippen LogP contribution is -2.34. The van der Waals surface area contributed by atoms with E-state index < -0.39 is 0 Å². The Kier molecular flexibility index (Phi) is 2.68. The van der Waals surface area contributed by atoms with Crippen LogP contribution in [0, 0.1) is 5.82 Å². The molecule has 4 heteroatoms. The molecule has 1 fully saturated rings. The molecule has 0 radical (unpaired) electrons. The third-order valence-corrected chi connectivity index (χ3v) is 4.19. The van der Waals surface area contributed by atoms with E-state index in [0.29, 0.717) is 12.0 Å². The van der Waals surface area contributed by atoms with Crippen LogP contribution in [0.3, 0.4) is 0 Å². The standard InChI is InChI=1S/C13H13FN2S/c14-10-3-1-8(2-4-10)12-7-17-13(16-12)9-5-11(15)6-9/h1-4,7,9,11H,5-6,15H2. The molecule has 2 aromatic rings. The lowest BCUT2D eigenvalue weighted by molar-refractivity contribution is 0.351. The first-order chi connectivity index (χ1) is 8.22. The molecule has 2 N–H and O–H groups in total. The summed E-state index contributed by atoms with van der Waals surface area (Å²) in [5.74, 6) is 0.318. The van der Waals surface area contributed by atoms with Crippen LogP contribution in [0.15, 0.2) is 29.6 Å². The third-order valence-electron chi connectivity index (χ3n) is 3.19. The summed E-state index contributed by atoms with van der Waals surface area (Å²) in [5, 5.41) is 3.19. The molecule has 0 atom stereocenters. The fraction of sp³-hybridized carbons (Fsp3) is 0.308. The van der Waals surface area contributed by atoms with Gasteiger partial charge in [0.2, 0.25) is 0 Å². The molecule has 1 aliphatic rings. The average Bonchev–Trinajstić information content (AvgIpc) is 2.75. The van der Waals surface area contributed by atoms with Crippen molar-refractivity contribution in [3.8, 4) is 11.3 Å². The molecule has 1 saturated carbocycles. The summed E-state index contributed by atoms with van der Waals surface area (Å²) in [5.41, 5.74) is 7.68. The van der Waals surface area contributed by atoms with Crippen molar-refractivity contribution in [2.24, 2.45) is 5.73 Å². The second-order valence-corrected chi connectivity index (χ2v) is 5.40. The number of aromatic nitrogens is 1. The van der Waals surface area contributed by atoms with E-state index in [4.69, 9.17) is 5.73 Å². The van der Waals surface area contributed by atoms with Gasteiger partial charge in [0.1, 0.15) is 5.82 Å². The number of nitrogens with zero attached hydrogens (tertiary/aromatic N) is 1. The Hall–Kier alpha value is -1.26. The fourth-order valence-corrected chi connectivity index (χ4v) is 3.05. The molecule has 1 aromatic carbocycles. The zero-order valence-corrected chi connectivity index (χ0v) is 10.1. The van der Waals surface area contributed by atoms with Gasteiger partial charge in [-0.3, -0.25) is 0 Å². The monoisotopic (exact) mass is 248 g/mol. The Balaban J connectivity index is 1.82. The van der Waals surface area contributed by atoms with E-state index >= 15 is 0 Å². The number of rotatable bonds is 2. The van der Waals surface area contributed by atoms with Crippen LogP contribution in [0.4, 0.5) is 4.39 Å². The first kappa shape index (κ1) is 10.9. The van der Waals surface area contributed by atoms with Crippen molar-refractivity contribution in [1.29, 1.82) is 0 Å². The molecule has 17 heavy (non-hydrogen) atoms. The Morgan fingerprint density at radius 2 is 1.94 bits per heavy atom. The zero-order chi connectivity index (χ0) is 11.8. The minimum atomic E-state index is -0.214. The molecule has 88 valence electrons. The third kappa shape index (κ3) is 2.10. The predicted octanol–water partition coefficient (Wildman–Crippen LogP) is 3.15. The van der Waals surface area contributed by atoms with Crippen LogP contribution >= 0.6 is 11.3 Å². The van der Waals surface area contributed by atoms with Crippen molar-refractivity contribution >= 4 is 11.3 Å². The second-order valence-electron chi connectivity index (χ2n) is 4.51. The van der Waals surface area contributed by atoms with Crippen LogP contribution in [0.2, 0.25) is 0 Å². The summed E-state index contributed by atoms with van der Waals surface area (Å²) in [6.07, 6.45) is 2.08. The summed E-state index contributed by atoms with van der Waals surface area (Å²) in [6, 6.07) is 6.81. The summed E-state index contributed by atoms with van der Waals surface area (Å²) in [4.78, 5) is 4.61. The molecule has 0 bridgehead atoms. The highest BCUT2D eigenvalue weighted by Crippen LogP contribution is 2.38. The molecule has 0 unspecified atom stereocenters. The maximum atomic E-state index is 12.8. The van der Waals surface area contributed by atoms with E-state index in [1.807, 2.05) is 5.38 Å². The molecule has 2 nitrogen and oxygen atoms in total. The van der Waals surface area contributed by atoms with Gasteiger partial charge < -0.3 is 5.73 Å². The molecular formula is C13H13FN2S. The Bertz CT molecular complexity index is 514. The Morgan fingerprint density at radius 3 is 2.59 bits per heavy atom. The quantitative estimate of drug-likeness (QED) is 0.886. The van der Waals surface area contributed by atoms with E-state index in [-0.39, 0.29) is 5.82 Å². The normalized spacial score (nSPS) is 23.4. The smallest absolute Gasteiger partial charge is 0.123 e. The van der Waals surface area contributed by atoms with E-state index in [9.17, 15) is 4.39 Å². The van der Waals surface area contributed by atoms with Gasteiger partial charge in [-0.25, -0.2) is 9.37 Å². The van der Waals surface area contributed by atoms with Gasteiger partial charge in [0.15, 0.2) is 0 Å². The summed E-state index contributed by atoms with van der Waals surface area (Å²) >= 11 is 1.67. The molecule has 1 aromatic heterocycles. The van der Waals surface area contributed by atoms with Gasteiger partial charge in [-0.1, -0.05) is 0 Å².